The van der Waals surface area contributed by atoms with Gasteiger partial charge in [-0.25, -0.2) is 0 Å². The summed E-state index contributed by atoms with van der Waals surface area (Å²) in [7, 11) is 0. The van der Waals surface area contributed by atoms with Crippen molar-refractivity contribution < 1.29 is 5.11 Å². The Morgan fingerprint density at radius 1 is 1.29 bits per heavy atom. The summed E-state index contributed by atoms with van der Waals surface area (Å²) in [5, 5.41) is 9.33. The molecule has 0 bridgehead atoms. The molecule has 0 spiro atoms. The Hall–Kier alpha value is -1.02. The summed E-state index contributed by atoms with van der Waals surface area (Å²) in [4.78, 5) is 2.43. The van der Waals surface area contributed by atoms with Gasteiger partial charge in [0.15, 0.2) is 0 Å². The highest BCUT2D eigenvalue weighted by atomic mass is 16.3. The number of aliphatic hydroxyl groups is 1. The van der Waals surface area contributed by atoms with Gasteiger partial charge in [0.05, 0.1) is 0 Å². The van der Waals surface area contributed by atoms with Crippen molar-refractivity contribution in [3.63, 3.8) is 0 Å². The van der Waals surface area contributed by atoms with Crippen molar-refractivity contribution in [2.45, 2.75) is 39.7 Å². The third kappa shape index (κ3) is 2.32. The molecule has 0 aromatic heterocycles. The number of rotatable bonds is 2. The van der Waals surface area contributed by atoms with E-state index in [1.807, 2.05) is 0 Å². The largest absolute Gasteiger partial charge is 0.396 e. The molecule has 1 unspecified atom stereocenters. The molecule has 1 atom stereocenters. The second-order valence-corrected chi connectivity index (χ2v) is 5.94. The molecule has 2 rings (SSSR count). The fourth-order valence-corrected chi connectivity index (χ4v) is 2.86. The highest BCUT2D eigenvalue weighted by Crippen LogP contribution is 2.37. The van der Waals surface area contributed by atoms with E-state index < -0.39 is 0 Å². The van der Waals surface area contributed by atoms with Gasteiger partial charge < -0.3 is 10.0 Å². The zero-order chi connectivity index (χ0) is 12.6. The van der Waals surface area contributed by atoms with Gasteiger partial charge >= 0.3 is 0 Å². The fraction of sp³-hybridized carbons (Fsp3) is 0.600. The Labute approximate surface area is 104 Å². The average Bonchev–Trinajstić information content (AvgIpc) is 2.58. The van der Waals surface area contributed by atoms with Crippen LogP contribution in [0, 0.1) is 19.8 Å². The predicted molar refractivity (Wildman–Crippen MR) is 72.5 cm³/mol. The third-order valence-corrected chi connectivity index (χ3v) is 4.02. The number of hydrogen-bond donors (Lipinski definition) is 1. The van der Waals surface area contributed by atoms with Crippen LogP contribution in [-0.2, 0) is 0 Å². The van der Waals surface area contributed by atoms with E-state index in [-0.39, 0.29) is 5.54 Å². The maximum atomic E-state index is 9.33. The minimum atomic E-state index is 0.148. The number of aryl methyl sites for hydroxylation is 2. The first kappa shape index (κ1) is 12.4. The average molecular weight is 233 g/mol. The van der Waals surface area contributed by atoms with Crippen LogP contribution in [0.5, 0.6) is 0 Å². The number of anilines is 1. The maximum absolute atomic E-state index is 9.33. The normalized spacial score (nSPS) is 23.1. The van der Waals surface area contributed by atoms with Gasteiger partial charge in [0.25, 0.3) is 0 Å². The summed E-state index contributed by atoms with van der Waals surface area (Å²) < 4.78 is 0. The van der Waals surface area contributed by atoms with E-state index in [1.54, 1.807) is 0 Å². The van der Waals surface area contributed by atoms with Crippen molar-refractivity contribution in [2.75, 3.05) is 18.1 Å². The first-order chi connectivity index (χ1) is 7.94. The van der Waals surface area contributed by atoms with E-state index in [0.717, 1.165) is 13.0 Å². The van der Waals surface area contributed by atoms with Gasteiger partial charge in [0.2, 0.25) is 0 Å². The van der Waals surface area contributed by atoms with E-state index in [1.165, 1.54) is 16.8 Å². The molecule has 0 radical (unpaired) electrons. The van der Waals surface area contributed by atoms with E-state index in [4.69, 9.17) is 0 Å². The summed E-state index contributed by atoms with van der Waals surface area (Å²) in [6, 6.07) is 6.65. The van der Waals surface area contributed by atoms with Gasteiger partial charge in [-0.15, -0.1) is 0 Å². The molecule has 2 heteroatoms. The van der Waals surface area contributed by atoms with Gasteiger partial charge in [-0.05, 0) is 57.4 Å². The van der Waals surface area contributed by atoms with Crippen LogP contribution in [-0.4, -0.2) is 23.8 Å². The maximum Gasteiger partial charge on any atom is 0.0477 e. The van der Waals surface area contributed by atoms with E-state index in [0.29, 0.717) is 12.5 Å². The first-order valence-electron chi connectivity index (χ1n) is 6.40. The Balaban J connectivity index is 2.30. The molecule has 2 nitrogen and oxygen atoms in total. The van der Waals surface area contributed by atoms with Crippen molar-refractivity contribution in [1.82, 2.24) is 0 Å². The van der Waals surface area contributed by atoms with Crippen LogP contribution in [0.4, 0.5) is 5.69 Å². The molecule has 1 heterocycles. The molecule has 0 saturated carbocycles. The van der Waals surface area contributed by atoms with E-state index in [9.17, 15) is 5.11 Å². The van der Waals surface area contributed by atoms with Crippen LogP contribution < -0.4 is 4.90 Å². The summed E-state index contributed by atoms with van der Waals surface area (Å²) in [5.41, 5.74) is 4.11. The lowest BCUT2D eigenvalue weighted by Gasteiger charge is -2.34. The van der Waals surface area contributed by atoms with E-state index >= 15 is 0 Å². The molecule has 1 aromatic rings. The molecule has 1 aliphatic heterocycles. The Kier molecular flexibility index (Phi) is 3.17. The van der Waals surface area contributed by atoms with Crippen molar-refractivity contribution in [1.29, 1.82) is 0 Å². The second-order valence-electron chi connectivity index (χ2n) is 5.94. The molecule has 0 aliphatic carbocycles. The number of aliphatic hydroxyl groups excluding tert-OH is 1. The monoisotopic (exact) mass is 233 g/mol. The molecular weight excluding hydrogens is 210 g/mol. The Morgan fingerprint density at radius 3 is 2.53 bits per heavy atom. The predicted octanol–water partition coefficient (Wildman–Crippen LogP) is 2.90. The summed E-state index contributed by atoms with van der Waals surface area (Å²) >= 11 is 0. The van der Waals surface area contributed by atoms with Crippen LogP contribution in [0.25, 0.3) is 0 Å². The quantitative estimate of drug-likeness (QED) is 0.849. The molecule has 0 amide bonds. The lowest BCUT2D eigenvalue weighted by molar-refractivity contribution is 0.232. The van der Waals surface area contributed by atoms with Crippen LogP contribution in [0.3, 0.4) is 0 Å². The molecule has 1 aliphatic rings. The molecule has 1 saturated heterocycles. The lowest BCUT2D eigenvalue weighted by Crippen LogP contribution is -2.38. The van der Waals surface area contributed by atoms with Gasteiger partial charge in [-0.3, -0.25) is 0 Å². The highest BCUT2D eigenvalue weighted by molar-refractivity contribution is 5.53. The zero-order valence-electron chi connectivity index (χ0n) is 11.3. The molecule has 1 fully saturated rings. The summed E-state index contributed by atoms with van der Waals surface area (Å²) in [6.07, 6.45) is 1.07. The van der Waals surface area contributed by atoms with Crippen molar-refractivity contribution in [2.24, 2.45) is 5.92 Å². The smallest absolute Gasteiger partial charge is 0.0477 e. The minimum Gasteiger partial charge on any atom is -0.396 e. The van der Waals surface area contributed by atoms with Crippen LogP contribution in [0.2, 0.25) is 0 Å². The van der Waals surface area contributed by atoms with Crippen LogP contribution >= 0.6 is 0 Å². The molecule has 94 valence electrons. The summed E-state index contributed by atoms with van der Waals surface area (Å²) in [6.45, 7) is 10.1. The highest BCUT2D eigenvalue weighted by Gasteiger charge is 2.37. The van der Waals surface area contributed by atoms with Gasteiger partial charge in [-0.2, -0.15) is 0 Å². The van der Waals surface area contributed by atoms with Gasteiger partial charge in [-0.1, -0.05) is 6.07 Å². The molecule has 17 heavy (non-hydrogen) atoms. The molecule has 1 N–H and O–H groups in total. The third-order valence-electron chi connectivity index (χ3n) is 4.02. The SMILES string of the molecule is Cc1ccc(N2CC(CO)CC2(C)C)cc1C. The van der Waals surface area contributed by atoms with Gasteiger partial charge in [0.1, 0.15) is 0 Å². The zero-order valence-corrected chi connectivity index (χ0v) is 11.3. The lowest BCUT2D eigenvalue weighted by atomic mass is 9.96. The number of nitrogens with zero attached hydrogens (tertiary/aromatic N) is 1. The van der Waals surface area contributed by atoms with Gasteiger partial charge in [0, 0.05) is 30.3 Å². The number of hydrogen-bond acceptors (Lipinski definition) is 2. The molecule has 1 aromatic carbocycles. The molecular formula is C15H23NO. The Morgan fingerprint density at radius 2 is 2.00 bits per heavy atom. The minimum absolute atomic E-state index is 0.148. The standard InChI is InChI=1S/C15H23NO/c1-11-5-6-14(7-12(11)2)16-9-13(10-17)8-15(16,3)4/h5-7,13,17H,8-10H2,1-4H3. The second kappa shape index (κ2) is 4.34. The first-order valence-corrected chi connectivity index (χ1v) is 6.40. The Bertz CT molecular complexity index is 411. The topological polar surface area (TPSA) is 23.5 Å². The number of benzene rings is 1. The summed E-state index contributed by atoms with van der Waals surface area (Å²) in [5.74, 6) is 0.409. The van der Waals surface area contributed by atoms with Crippen molar-refractivity contribution in [3.8, 4) is 0 Å². The van der Waals surface area contributed by atoms with Crippen molar-refractivity contribution >= 4 is 5.69 Å². The van der Waals surface area contributed by atoms with Crippen LogP contribution in [0.15, 0.2) is 18.2 Å². The fourth-order valence-electron chi connectivity index (χ4n) is 2.86. The van der Waals surface area contributed by atoms with E-state index in [2.05, 4.69) is 50.8 Å². The van der Waals surface area contributed by atoms with Crippen LogP contribution in [0.1, 0.15) is 31.4 Å². The van der Waals surface area contributed by atoms with Crippen molar-refractivity contribution in [3.05, 3.63) is 29.3 Å².